The average Bonchev–Trinajstić information content (AvgIpc) is 3.53. The Morgan fingerprint density at radius 2 is 1.69 bits per heavy atom. The summed E-state index contributed by atoms with van der Waals surface area (Å²) in [5.74, 6) is 1.41. The van der Waals surface area contributed by atoms with Gasteiger partial charge in [0, 0.05) is 32.1 Å². The fourth-order valence-corrected chi connectivity index (χ4v) is 4.47. The Morgan fingerprint density at radius 1 is 0.943 bits per heavy atom. The van der Waals surface area contributed by atoms with E-state index in [1.165, 1.54) is 9.13 Å². The highest BCUT2D eigenvalue weighted by Crippen LogP contribution is 2.30. The summed E-state index contributed by atoms with van der Waals surface area (Å²) in [6.45, 7) is 4.67. The van der Waals surface area contributed by atoms with E-state index >= 15 is 0 Å². The lowest BCUT2D eigenvalue weighted by molar-refractivity contribution is 0.633. The molecule has 3 aromatic heterocycles. The minimum absolute atomic E-state index is 0.299. The maximum atomic E-state index is 13.2. The predicted octanol–water partition coefficient (Wildman–Crippen LogP) is 2.76. The third-order valence-corrected chi connectivity index (χ3v) is 6.23. The second kappa shape index (κ2) is 9.13. The van der Waals surface area contributed by atoms with Crippen LogP contribution in [0, 0.1) is 0 Å². The number of nitrogens with zero attached hydrogens (tertiary/aromatic N) is 7. The van der Waals surface area contributed by atoms with Gasteiger partial charge in [-0.1, -0.05) is 55.5 Å². The first-order chi connectivity index (χ1) is 17.0. The number of hydrogen-bond acceptors (Lipinski definition) is 6. The molecule has 0 aliphatic rings. The van der Waals surface area contributed by atoms with Gasteiger partial charge in [0.05, 0.1) is 0 Å². The lowest BCUT2D eigenvalue weighted by atomic mass is 9.98. The highest BCUT2D eigenvalue weighted by atomic mass is 16.2. The van der Waals surface area contributed by atoms with Crippen LogP contribution in [-0.4, -0.2) is 39.3 Å². The Balaban J connectivity index is 1.57. The maximum Gasteiger partial charge on any atom is 0.332 e. The van der Waals surface area contributed by atoms with Crippen molar-refractivity contribution in [2.24, 2.45) is 7.05 Å². The summed E-state index contributed by atoms with van der Waals surface area (Å²) in [4.78, 5) is 30.5. The molecule has 1 N–H and O–H groups in total. The van der Waals surface area contributed by atoms with Gasteiger partial charge < -0.3 is 4.57 Å². The molecule has 0 saturated carbocycles. The van der Waals surface area contributed by atoms with Crippen molar-refractivity contribution in [3.8, 4) is 22.5 Å². The van der Waals surface area contributed by atoms with Crippen LogP contribution in [0.5, 0.6) is 0 Å². The zero-order valence-electron chi connectivity index (χ0n) is 19.9. The number of H-pyrrole nitrogens is 1. The quantitative estimate of drug-likeness (QED) is 0.391. The average molecular weight is 471 g/mol. The summed E-state index contributed by atoms with van der Waals surface area (Å²) in [5.41, 5.74) is 4.23. The summed E-state index contributed by atoms with van der Waals surface area (Å²) in [5, 5.41) is 14.3. The van der Waals surface area contributed by atoms with Crippen molar-refractivity contribution < 1.29 is 0 Å². The number of benzene rings is 2. The Hall–Kier alpha value is -4.34. The maximum absolute atomic E-state index is 13.2. The summed E-state index contributed by atoms with van der Waals surface area (Å²) in [6, 6.07) is 16.1. The smallest absolute Gasteiger partial charge is 0.318 e. The Morgan fingerprint density at radius 3 is 2.34 bits per heavy atom. The molecule has 5 rings (SSSR count). The number of nitrogens with one attached hydrogen (secondary N) is 1. The van der Waals surface area contributed by atoms with Crippen LogP contribution in [0.25, 0.3) is 33.7 Å². The van der Waals surface area contributed by atoms with Gasteiger partial charge in [-0.25, -0.2) is 14.9 Å². The molecule has 35 heavy (non-hydrogen) atoms. The van der Waals surface area contributed by atoms with Crippen molar-refractivity contribution in [1.82, 2.24) is 39.3 Å². The molecule has 178 valence electrons. The van der Waals surface area contributed by atoms with E-state index in [1.807, 2.05) is 41.0 Å². The molecule has 0 aliphatic heterocycles. The lowest BCUT2D eigenvalue weighted by Gasteiger charge is -2.12. The van der Waals surface area contributed by atoms with Crippen LogP contribution in [0.15, 0.2) is 58.1 Å². The predicted molar refractivity (Wildman–Crippen MR) is 133 cm³/mol. The molecular weight excluding hydrogens is 444 g/mol. The van der Waals surface area contributed by atoms with E-state index in [-0.39, 0.29) is 11.2 Å². The van der Waals surface area contributed by atoms with E-state index in [9.17, 15) is 9.59 Å². The molecule has 0 atom stereocenters. The van der Waals surface area contributed by atoms with Crippen LogP contribution in [0.3, 0.4) is 0 Å². The van der Waals surface area contributed by atoms with Crippen LogP contribution in [0.1, 0.15) is 31.7 Å². The molecule has 0 spiro atoms. The molecule has 0 aliphatic carbocycles. The summed E-state index contributed by atoms with van der Waals surface area (Å²) >= 11 is 0. The topological polar surface area (TPSA) is 116 Å². The Labute approximate surface area is 200 Å². The minimum Gasteiger partial charge on any atom is -0.318 e. The molecule has 0 fully saturated rings. The minimum atomic E-state index is -0.345. The van der Waals surface area contributed by atoms with Gasteiger partial charge in [-0.3, -0.25) is 13.9 Å². The van der Waals surface area contributed by atoms with Crippen LogP contribution >= 0.6 is 0 Å². The lowest BCUT2D eigenvalue weighted by Crippen LogP contribution is -2.39. The molecule has 0 amide bonds. The van der Waals surface area contributed by atoms with Crippen molar-refractivity contribution in [1.29, 1.82) is 0 Å². The molecule has 10 heteroatoms. The normalized spacial score (nSPS) is 11.4. The number of tetrazole rings is 1. The first kappa shape index (κ1) is 22.5. The zero-order valence-corrected chi connectivity index (χ0v) is 19.9. The zero-order chi connectivity index (χ0) is 24.5. The van der Waals surface area contributed by atoms with Gasteiger partial charge in [-0.15, -0.1) is 5.10 Å². The van der Waals surface area contributed by atoms with Crippen LogP contribution in [0.4, 0.5) is 0 Å². The number of fused-ring (bicyclic) bond motifs is 1. The van der Waals surface area contributed by atoms with E-state index in [2.05, 4.69) is 39.7 Å². The molecule has 0 radical (unpaired) electrons. The van der Waals surface area contributed by atoms with Crippen LogP contribution < -0.4 is 11.2 Å². The highest BCUT2D eigenvalue weighted by Gasteiger charge is 2.19. The number of aryl methyl sites for hydroxylation is 2. The molecule has 2 aromatic carbocycles. The largest absolute Gasteiger partial charge is 0.332 e. The summed E-state index contributed by atoms with van der Waals surface area (Å²) in [6.07, 6.45) is 1.59. The van der Waals surface area contributed by atoms with Gasteiger partial charge in [0.1, 0.15) is 5.82 Å². The van der Waals surface area contributed by atoms with Gasteiger partial charge in [-0.2, -0.15) is 0 Å². The van der Waals surface area contributed by atoms with Crippen molar-refractivity contribution >= 4 is 11.2 Å². The molecule has 0 bridgehead atoms. The molecule has 5 aromatic rings. The second-order valence-electron chi connectivity index (χ2n) is 8.42. The van der Waals surface area contributed by atoms with Gasteiger partial charge >= 0.3 is 5.69 Å². The fraction of sp³-hybridized carbons (Fsp3) is 0.280. The fourth-order valence-electron chi connectivity index (χ4n) is 4.47. The van der Waals surface area contributed by atoms with E-state index in [4.69, 9.17) is 4.98 Å². The van der Waals surface area contributed by atoms with E-state index in [0.29, 0.717) is 36.5 Å². The number of rotatable bonds is 7. The highest BCUT2D eigenvalue weighted by molar-refractivity contribution is 5.80. The Bertz CT molecular complexity index is 1610. The molecule has 10 nitrogen and oxygen atoms in total. The number of aromatic amines is 1. The third kappa shape index (κ3) is 3.86. The third-order valence-electron chi connectivity index (χ3n) is 6.23. The van der Waals surface area contributed by atoms with Crippen LogP contribution in [-0.2, 0) is 26.6 Å². The van der Waals surface area contributed by atoms with Crippen molar-refractivity contribution in [3.63, 3.8) is 0 Å². The monoisotopic (exact) mass is 470 g/mol. The Kier molecular flexibility index (Phi) is 5.86. The van der Waals surface area contributed by atoms with E-state index in [0.717, 1.165) is 34.5 Å². The SMILES string of the molecule is CCCc1nc2c(c(=O)n(CC)c(=O)n2C)n1Cc1ccc(-c2ccccc2-c2nnn[nH]2)cc1. The standard InChI is InChI=1S/C25H26N8O2/c1-4-8-20-26-23-21(24(34)32(5-2)25(35)31(23)3)33(20)15-16-11-13-17(14-12-16)18-9-6-7-10-19(18)22-27-29-30-28-22/h6-7,9-14H,4-5,8,15H2,1-3H3,(H,27,28,29,30). The van der Waals surface area contributed by atoms with E-state index in [1.54, 1.807) is 14.0 Å². The summed E-state index contributed by atoms with van der Waals surface area (Å²) < 4.78 is 4.68. The van der Waals surface area contributed by atoms with E-state index < -0.39 is 0 Å². The number of aromatic nitrogens is 8. The van der Waals surface area contributed by atoms with Gasteiger partial charge in [0.2, 0.25) is 0 Å². The summed E-state index contributed by atoms with van der Waals surface area (Å²) in [7, 11) is 1.67. The number of hydrogen-bond donors (Lipinski definition) is 1. The number of imidazole rings is 1. The molecule has 0 unspecified atom stereocenters. The first-order valence-corrected chi connectivity index (χ1v) is 11.6. The van der Waals surface area contributed by atoms with Gasteiger partial charge in [0.15, 0.2) is 17.0 Å². The van der Waals surface area contributed by atoms with Gasteiger partial charge in [0.25, 0.3) is 5.56 Å². The van der Waals surface area contributed by atoms with Gasteiger partial charge in [-0.05, 0) is 40.5 Å². The second-order valence-corrected chi connectivity index (χ2v) is 8.42. The first-order valence-electron chi connectivity index (χ1n) is 11.6. The van der Waals surface area contributed by atoms with Crippen molar-refractivity contribution in [2.45, 2.75) is 39.8 Å². The van der Waals surface area contributed by atoms with Crippen LogP contribution in [0.2, 0.25) is 0 Å². The molecular formula is C25H26N8O2. The van der Waals surface area contributed by atoms with Crippen molar-refractivity contribution in [2.75, 3.05) is 0 Å². The molecule has 0 saturated heterocycles. The van der Waals surface area contributed by atoms with Crippen molar-refractivity contribution in [3.05, 3.63) is 80.8 Å². The molecule has 3 heterocycles.